The monoisotopic (exact) mass is 763 g/mol. The fraction of sp³-hybridized carbons (Fsp3) is 0.744. The Bertz CT molecular complexity index is 1130. The fourth-order valence-corrected chi connectivity index (χ4v) is 15.0. The number of ether oxygens (including phenoxy) is 4. The molecule has 0 bridgehead atoms. The van der Waals surface area contributed by atoms with Crippen LogP contribution in [0, 0.1) is 17.8 Å². The number of rotatable bonds is 27. The van der Waals surface area contributed by atoms with Gasteiger partial charge in [-0.15, -0.1) is 13.2 Å². The molecular weight excluding hydrogens is 685 g/mol. The Balaban J connectivity index is 3.44. The van der Waals surface area contributed by atoms with Crippen molar-refractivity contribution in [3.05, 3.63) is 61.2 Å². The Kier molecular flexibility index (Phi) is 21.7. The van der Waals surface area contributed by atoms with Crippen LogP contribution in [0.3, 0.4) is 0 Å². The van der Waals surface area contributed by atoms with Crippen molar-refractivity contribution in [1.82, 2.24) is 0 Å². The van der Waals surface area contributed by atoms with E-state index in [1.807, 2.05) is 43.3 Å². The average Bonchev–Trinajstić information content (AvgIpc) is 3.09. The van der Waals surface area contributed by atoms with E-state index in [1.54, 1.807) is 27.4 Å². The lowest BCUT2D eigenvalue weighted by molar-refractivity contribution is -0.157. The summed E-state index contributed by atoms with van der Waals surface area (Å²) in [7, 11) is 0.833. The summed E-state index contributed by atoms with van der Waals surface area (Å²) in [6.45, 7) is 35.0. The highest BCUT2D eigenvalue weighted by molar-refractivity contribution is 6.77. The van der Waals surface area contributed by atoms with Gasteiger partial charge in [0.25, 0.3) is 0 Å². The quantitative estimate of drug-likeness (QED) is 0.0382. The molecule has 9 heteroatoms. The van der Waals surface area contributed by atoms with Crippen molar-refractivity contribution in [1.29, 1.82) is 0 Å². The van der Waals surface area contributed by atoms with E-state index in [2.05, 4.69) is 88.2 Å². The van der Waals surface area contributed by atoms with Crippen LogP contribution in [0.25, 0.3) is 0 Å². The van der Waals surface area contributed by atoms with Gasteiger partial charge in [0.2, 0.25) is 8.32 Å². The van der Waals surface area contributed by atoms with Crippen molar-refractivity contribution in [3.8, 4) is 0 Å². The average molecular weight is 763 g/mol. The maximum Gasteiger partial charge on any atom is 0.309 e. The maximum absolute atomic E-state index is 14.0. The van der Waals surface area contributed by atoms with Gasteiger partial charge in [-0.25, -0.2) is 0 Å². The number of esters is 1. The Morgan fingerprint density at radius 1 is 0.712 bits per heavy atom. The molecule has 0 N–H and O–H groups in total. The summed E-state index contributed by atoms with van der Waals surface area (Å²) in [6, 6.07) is 10.1. The van der Waals surface area contributed by atoms with Crippen molar-refractivity contribution in [3.63, 3.8) is 0 Å². The molecule has 0 saturated heterocycles. The molecule has 52 heavy (non-hydrogen) atoms. The van der Waals surface area contributed by atoms with Gasteiger partial charge in [-0.2, -0.15) is 0 Å². The maximum atomic E-state index is 14.0. The molecule has 0 aliphatic rings. The molecule has 1 aromatic rings. The molecule has 1 rings (SSSR count). The molecule has 0 saturated carbocycles. The number of unbranched alkanes of at least 4 members (excludes halogenated alkanes) is 1. The minimum absolute atomic E-state index is 0.0113. The van der Waals surface area contributed by atoms with Crippen LogP contribution in [-0.2, 0) is 32.6 Å². The molecule has 1 aromatic carbocycles. The van der Waals surface area contributed by atoms with Crippen LogP contribution >= 0.6 is 0 Å². The van der Waals surface area contributed by atoms with E-state index >= 15 is 0 Å². The number of hydrogen-bond donors (Lipinski definition) is 0. The summed E-state index contributed by atoms with van der Waals surface area (Å²) in [5.74, 6) is -0.534. The molecule has 0 radical (unpaired) electrons. The lowest BCUT2D eigenvalue weighted by Gasteiger charge is -2.49. The summed E-state index contributed by atoms with van der Waals surface area (Å²) in [5, 5.41) is 0. The van der Waals surface area contributed by atoms with E-state index in [1.165, 1.54) is 0 Å². The van der Waals surface area contributed by atoms with Crippen molar-refractivity contribution < 1.29 is 32.6 Å². The van der Waals surface area contributed by atoms with E-state index < -0.39 is 22.6 Å². The minimum Gasteiger partial charge on any atom is -0.457 e. The molecule has 7 nitrogen and oxygen atoms in total. The third-order valence-electron chi connectivity index (χ3n) is 10.9. The number of carbonyl (C=O) groups is 1. The van der Waals surface area contributed by atoms with Crippen LogP contribution in [0.2, 0.25) is 36.3 Å². The third kappa shape index (κ3) is 14.2. The zero-order valence-electron chi connectivity index (χ0n) is 35.8. The Hall–Kier alpha value is -1.60. The molecule has 0 heterocycles. The Morgan fingerprint density at radius 2 is 1.25 bits per heavy atom. The lowest BCUT2D eigenvalue weighted by Crippen LogP contribution is -2.57. The van der Waals surface area contributed by atoms with Crippen LogP contribution in [0.15, 0.2) is 55.6 Å². The third-order valence-corrected chi connectivity index (χ3v) is 18.0. The summed E-state index contributed by atoms with van der Waals surface area (Å²) in [4.78, 5) is 14.0. The van der Waals surface area contributed by atoms with Gasteiger partial charge in [-0.3, -0.25) is 4.79 Å². The molecule has 300 valence electrons. The highest BCUT2D eigenvalue weighted by atomic mass is 28.4. The largest absolute Gasteiger partial charge is 0.457 e. The lowest BCUT2D eigenvalue weighted by atomic mass is 9.85. The fourth-order valence-electron chi connectivity index (χ4n) is 8.11. The van der Waals surface area contributed by atoms with Crippen LogP contribution in [-0.4, -0.2) is 74.5 Å². The van der Waals surface area contributed by atoms with Gasteiger partial charge in [0, 0.05) is 27.2 Å². The summed E-state index contributed by atoms with van der Waals surface area (Å²) in [5.41, 5.74) is 2.16. The highest BCUT2D eigenvalue weighted by Gasteiger charge is 2.50. The van der Waals surface area contributed by atoms with E-state index in [0.29, 0.717) is 29.5 Å². The zero-order valence-corrected chi connectivity index (χ0v) is 37.8. The predicted octanol–water partition coefficient (Wildman–Crippen LogP) is 11.3. The van der Waals surface area contributed by atoms with Crippen LogP contribution in [0.4, 0.5) is 0 Å². The van der Waals surface area contributed by atoms with Crippen molar-refractivity contribution in [2.24, 2.45) is 17.8 Å². The normalized spacial score (nSPS) is 18.0. The molecule has 9 atom stereocenters. The first-order valence-electron chi connectivity index (χ1n) is 19.8. The van der Waals surface area contributed by atoms with Gasteiger partial charge in [0.05, 0.1) is 30.3 Å². The number of methoxy groups -OCH3 is 3. The van der Waals surface area contributed by atoms with Crippen molar-refractivity contribution in [2.75, 3.05) is 21.3 Å². The number of benzene rings is 1. The molecular formula is C43H78O7Si2. The van der Waals surface area contributed by atoms with Gasteiger partial charge < -0.3 is 27.8 Å². The Labute approximate surface area is 321 Å². The van der Waals surface area contributed by atoms with Crippen LogP contribution in [0.5, 0.6) is 0 Å². The number of carbonyl (C=O) groups excluding carboxylic acids is 1. The number of hydrogen-bond acceptors (Lipinski definition) is 7. The van der Waals surface area contributed by atoms with E-state index in [4.69, 9.17) is 27.8 Å². The van der Waals surface area contributed by atoms with Crippen molar-refractivity contribution in [2.45, 2.75) is 167 Å². The highest BCUT2D eigenvalue weighted by Crippen LogP contribution is 2.45. The van der Waals surface area contributed by atoms with Gasteiger partial charge in [0.1, 0.15) is 12.2 Å². The van der Waals surface area contributed by atoms with Gasteiger partial charge >= 0.3 is 5.97 Å². The second-order valence-electron chi connectivity index (χ2n) is 16.8. The smallest absolute Gasteiger partial charge is 0.309 e. The second kappa shape index (κ2) is 23.4. The second-order valence-corrected chi connectivity index (χ2v) is 26.7. The predicted molar refractivity (Wildman–Crippen MR) is 223 cm³/mol. The molecule has 0 aliphatic carbocycles. The molecule has 1 unspecified atom stereocenters. The summed E-state index contributed by atoms with van der Waals surface area (Å²) >= 11 is 0. The van der Waals surface area contributed by atoms with Crippen LogP contribution in [0.1, 0.15) is 106 Å². The van der Waals surface area contributed by atoms with Crippen LogP contribution < -0.4 is 0 Å². The van der Waals surface area contributed by atoms with Gasteiger partial charge in [-0.1, -0.05) is 111 Å². The van der Waals surface area contributed by atoms with Gasteiger partial charge in [-0.05, 0) is 73.4 Å². The van der Waals surface area contributed by atoms with Crippen molar-refractivity contribution >= 4 is 22.6 Å². The van der Waals surface area contributed by atoms with E-state index in [9.17, 15) is 4.79 Å². The molecule has 0 amide bonds. The Morgan fingerprint density at radius 3 is 1.69 bits per heavy atom. The topological polar surface area (TPSA) is 72.5 Å². The minimum atomic E-state index is -2.36. The molecule has 0 aromatic heterocycles. The first-order chi connectivity index (χ1) is 24.3. The first kappa shape index (κ1) is 48.4. The summed E-state index contributed by atoms with van der Waals surface area (Å²) < 4.78 is 38.5. The molecule has 0 aliphatic heterocycles. The molecule has 0 spiro atoms. The SMILES string of the molecule is C=C[C@H](C)[C@H](O[Si](C)(C)C)[C@@H](C)[C@H](O[Si](C(C)C)(C(C)C)C(C)C)[C@H](CC(C)C(=O)O[C@@H](CCCC[C@H](OC)[C@@H](C=C)OC)c1ccccc1)OC. The van der Waals surface area contributed by atoms with E-state index in [-0.39, 0.29) is 54.4 Å². The summed E-state index contributed by atoms with van der Waals surface area (Å²) in [6.07, 6.45) is 6.24. The molecule has 0 fully saturated rings. The first-order valence-corrected chi connectivity index (χ1v) is 25.3. The van der Waals surface area contributed by atoms with E-state index in [0.717, 1.165) is 24.8 Å². The zero-order chi connectivity index (χ0) is 39.8. The standard InChI is InChI=1S/C43H78O7Si2/c1-18-33(9)41(49-51(15,16)17)35(11)42(50-52(30(3)4,31(5)6)32(7)8)40(47-14)29-34(10)43(44)48-38(36-25-21-20-22-26-36)27-23-24-28-39(46-13)37(19-2)45-12/h18-22,25-26,30-35,37-42H,1-2,23-24,27-29H2,3-17H3/t33-,34?,35+,37+,38-,39-,40-,41-,42-/m0/s1. The van der Waals surface area contributed by atoms with Gasteiger partial charge in [0.15, 0.2) is 8.32 Å².